The number of aliphatic imine (C=N–C) groups is 1. The molecule has 1 aliphatic heterocycles. The van der Waals surface area contributed by atoms with Gasteiger partial charge in [-0.15, -0.1) is 0 Å². The fourth-order valence-corrected chi connectivity index (χ4v) is 7.05. The largest absolute Gasteiger partial charge is 0.480 e. The second-order valence-electron chi connectivity index (χ2n) is 12.9. The number of amides is 1. The van der Waals surface area contributed by atoms with Crippen LogP contribution in [-0.2, 0) is 22.7 Å². The van der Waals surface area contributed by atoms with Gasteiger partial charge >= 0.3 is 5.97 Å². The molecular weight excluding hydrogens is 630 g/mol. The maximum atomic E-state index is 14.0. The lowest BCUT2D eigenvalue weighted by molar-refractivity contribution is -0.139. The zero-order valence-corrected chi connectivity index (χ0v) is 28.1. The first-order valence-corrected chi connectivity index (χ1v) is 16.8. The minimum Gasteiger partial charge on any atom is -0.480 e. The molecule has 0 spiro atoms. The number of hydrogen-bond donors (Lipinski definition) is 2. The number of halogens is 1. The molecule has 1 atom stereocenters. The van der Waals surface area contributed by atoms with Crippen molar-refractivity contribution in [1.29, 1.82) is 0 Å². The van der Waals surface area contributed by atoms with Crippen LogP contribution >= 0.6 is 11.6 Å². The summed E-state index contributed by atoms with van der Waals surface area (Å²) in [5, 5.41) is 18.3. The molecule has 244 valence electrons. The number of carbonyl (C=O) groups excluding carboxylic acids is 1. The Morgan fingerprint density at radius 3 is 1.92 bits per heavy atom. The second-order valence-corrected chi connectivity index (χ2v) is 13.3. The summed E-state index contributed by atoms with van der Waals surface area (Å²) < 4.78 is 0. The molecule has 1 amide bonds. The maximum absolute atomic E-state index is 14.0. The van der Waals surface area contributed by atoms with Gasteiger partial charge in [-0.2, -0.15) is 0 Å². The van der Waals surface area contributed by atoms with Crippen LogP contribution in [-0.4, -0.2) is 40.2 Å². The van der Waals surface area contributed by atoms with Gasteiger partial charge in [-0.05, 0) is 67.9 Å². The molecule has 1 heterocycles. The van der Waals surface area contributed by atoms with Gasteiger partial charge in [0.2, 0.25) is 5.91 Å². The lowest BCUT2D eigenvalue weighted by Crippen LogP contribution is -2.32. The first-order chi connectivity index (χ1) is 23.8. The average Bonchev–Trinajstić information content (AvgIpc) is 3.26. The molecule has 0 fully saturated rings. The number of nitrogens with one attached hydrogen (secondary N) is 1. The normalized spacial score (nSPS) is 13.9. The van der Waals surface area contributed by atoms with E-state index in [4.69, 9.17) is 16.6 Å². The minimum absolute atomic E-state index is 0.141. The lowest BCUT2D eigenvalue weighted by Gasteiger charge is -2.22. The molecule has 0 aromatic heterocycles. The Morgan fingerprint density at radius 2 is 1.35 bits per heavy atom. The molecule has 0 unspecified atom stereocenters. The molecule has 6 aromatic rings. The summed E-state index contributed by atoms with van der Waals surface area (Å²) >= 11 is 6.51. The fraction of sp³-hybridized carbons (Fsp3) is 0.167. The zero-order valence-electron chi connectivity index (χ0n) is 27.4. The summed E-state index contributed by atoms with van der Waals surface area (Å²) in [5.74, 6) is -1.46. The van der Waals surface area contributed by atoms with Crippen LogP contribution < -0.4 is 5.32 Å². The molecule has 0 bridgehead atoms. The minimum atomic E-state index is -1.02. The van der Waals surface area contributed by atoms with Crippen LogP contribution in [0, 0.1) is 5.92 Å². The first-order valence-electron chi connectivity index (χ1n) is 16.5. The molecule has 2 N–H and O–H groups in total. The number of carboxylic acid groups (broad SMARTS) is 1. The lowest BCUT2D eigenvalue weighted by atomic mass is 9.88. The van der Waals surface area contributed by atoms with E-state index in [1.54, 1.807) is 18.2 Å². The van der Waals surface area contributed by atoms with Crippen LogP contribution in [0.5, 0.6) is 0 Å². The Morgan fingerprint density at radius 1 is 0.776 bits per heavy atom. The van der Waals surface area contributed by atoms with Gasteiger partial charge < -0.3 is 10.4 Å². The Hall–Kier alpha value is -5.30. The first kappa shape index (κ1) is 32.3. The number of carboxylic acids is 1. The van der Waals surface area contributed by atoms with Crippen LogP contribution in [0.1, 0.15) is 36.1 Å². The van der Waals surface area contributed by atoms with Crippen molar-refractivity contribution in [3.05, 3.63) is 149 Å². The number of fused-ring (bicyclic) bond motifs is 7. The molecule has 0 saturated heterocycles. The summed E-state index contributed by atoms with van der Waals surface area (Å²) in [4.78, 5) is 33.1. The highest BCUT2D eigenvalue weighted by Crippen LogP contribution is 2.42. The van der Waals surface area contributed by atoms with Crippen molar-refractivity contribution < 1.29 is 14.7 Å². The van der Waals surface area contributed by atoms with Gasteiger partial charge in [0.1, 0.15) is 6.04 Å². The molecule has 0 radical (unpaired) electrons. The summed E-state index contributed by atoms with van der Waals surface area (Å²) in [6.45, 7) is 4.98. The number of hydrogen-bond acceptors (Lipinski definition) is 4. The van der Waals surface area contributed by atoms with E-state index in [1.807, 2.05) is 44.2 Å². The Labute approximate surface area is 290 Å². The van der Waals surface area contributed by atoms with Crippen molar-refractivity contribution in [3.8, 4) is 11.1 Å². The van der Waals surface area contributed by atoms with Gasteiger partial charge in [0.25, 0.3) is 0 Å². The fourth-order valence-electron chi connectivity index (χ4n) is 6.88. The van der Waals surface area contributed by atoms with Gasteiger partial charge in [0.15, 0.2) is 0 Å². The van der Waals surface area contributed by atoms with Crippen molar-refractivity contribution in [2.75, 3.05) is 11.9 Å². The molecule has 7 heteroatoms. The molecule has 0 aliphatic carbocycles. The van der Waals surface area contributed by atoms with E-state index in [0.29, 0.717) is 35.1 Å². The van der Waals surface area contributed by atoms with Crippen LogP contribution in [0.3, 0.4) is 0 Å². The maximum Gasteiger partial charge on any atom is 0.328 e. The van der Waals surface area contributed by atoms with Crippen LogP contribution in [0.25, 0.3) is 32.7 Å². The van der Waals surface area contributed by atoms with E-state index in [2.05, 4.69) is 83.0 Å². The van der Waals surface area contributed by atoms with Crippen LogP contribution in [0.2, 0.25) is 5.02 Å². The van der Waals surface area contributed by atoms with Crippen molar-refractivity contribution >= 4 is 56.4 Å². The number of anilines is 1. The highest BCUT2D eigenvalue weighted by atomic mass is 35.5. The smallest absolute Gasteiger partial charge is 0.328 e. The van der Waals surface area contributed by atoms with E-state index in [1.165, 1.54) is 43.8 Å². The summed E-state index contributed by atoms with van der Waals surface area (Å²) in [6, 6.07) is 39.3. The monoisotopic (exact) mass is 665 g/mol. The summed E-state index contributed by atoms with van der Waals surface area (Å²) in [7, 11) is 0. The standard InChI is InChI=1S/C42H36ClN3O3/c1-26(2)40(42(48)49)45-41(29-12-4-3-5-13-29)35-22-32(43)20-21-36(35)44-37(47)25-46-23-30-18-16-27-10-6-8-14-33(27)38(30)39-31(24-46)19-17-28-11-7-9-15-34(28)39/h3-22,26,40H,23-25H2,1-2H3,(H,44,47)(H,48,49)/t40-/m0/s1. The Kier molecular flexibility index (Phi) is 9.00. The second kappa shape index (κ2) is 13.7. The van der Waals surface area contributed by atoms with Crippen molar-refractivity contribution in [3.63, 3.8) is 0 Å². The zero-order chi connectivity index (χ0) is 34.1. The van der Waals surface area contributed by atoms with Crippen LogP contribution in [0.15, 0.2) is 126 Å². The molecule has 0 saturated carbocycles. The Bertz CT molecular complexity index is 2160. The van der Waals surface area contributed by atoms with Gasteiger partial charge in [-0.25, -0.2) is 4.79 Å². The van der Waals surface area contributed by atoms with E-state index in [9.17, 15) is 14.7 Å². The predicted molar refractivity (Wildman–Crippen MR) is 199 cm³/mol. The molecule has 6 nitrogen and oxygen atoms in total. The highest BCUT2D eigenvalue weighted by Gasteiger charge is 2.26. The molecule has 49 heavy (non-hydrogen) atoms. The van der Waals surface area contributed by atoms with E-state index >= 15 is 0 Å². The van der Waals surface area contributed by atoms with Gasteiger partial charge in [0, 0.05) is 29.2 Å². The van der Waals surface area contributed by atoms with Crippen molar-refractivity contribution in [2.45, 2.75) is 33.0 Å². The van der Waals surface area contributed by atoms with Crippen molar-refractivity contribution in [2.24, 2.45) is 10.9 Å². The highest BCUT2D eigenvalue weighted by molar-refractivity contribution is 6.31. The van der Waals surface area contributed by atoms with Gasteiger partial charge in [0.05, 0.1) is 17.9 Å². The molecule has 7 rings (SSSR count). The topological polar surface area (TPSA) is 82.0 Å². The SMILES string of the molecule is CC(C)[C@H](N=C(c1ccccc1)c1cc(Cl)ccc1NC(=O)CN1Cc2ccc3ccccc3c2-c2c(ccc3ccccc23)C1)C(=O)O. The van der Waals surface area contributed by atoms with E-state index in [0.717, 1.165) is 5.56 Å². The third-order valence-corrected chi connectivity index (χ3v) is 9.38. The van der Waals surface area contributed by atoms with Gasteiger partial charge in [-0.3, -0.25) is 14.7 Å². The quantitative estimate of drug-likeness (QED) is 0.159. The molecule has 6 aromatic carbocycles. The number of benzene rings is 6. The number of aliphatic carboxylic acids is 1. The number of carbonyl (C=O) groups is 2. The van der Waals surface area contributed by atoms with Crippen LogP contribution in [0.4, 0.5) is 5.69 Å². The number of rotatable bonds is 8. The van der Waals surface area contributed by atoms with E-state index in [-0.39, 0.29) is 18.4 Å². The molecular formula is C42H36ClN3O3. The third kappa shape index (κ3) is 6.58. The summed E-state index contributed by atoms with van der Waals surface area (Å²) in [5.41, 5.74) is 7.02. The summed E-state index contributed by atoms with van der Waals surface area (Å²) in [6.07, 6.45) is 0. The van der Waals surface area contributed by atoms with E-state index < -0.39 is 12.0 Å². The average molecular weight is 666 g/mol. The third-order valence-electron chi connectivity index (χ3n) is 9.15. The Balaban J connectivity index is 1.26. The van der Waals surface area contributed by atoms with Gasteiger partial charge in [-0.1, -0.05) is 129 Å². The predicted octanol–water partition coefficient (Wildman–Crippen LogP) is 9.21. The van der Waals surface area contributed by atoms with Crippen molar-refractivity contribution in [1.82, 2.24) is 4.90 Å². The number of nitrogens with zero attached hydrogens (tertiary/aromatic N) is 2. The molecule has 1 aliphatic rings.